The van der Waals surface area contributed by atoms with Gasteiger partial charge in [-0.2, -0.15) is 5.26 Å². The second kappa shape index (κ2) is 8.64. The molecule has 174 valence electrons. The average molecular weight is 484 g/mol. The zero-order chi connectivity index (χ0) is 24.6. The van der Waals surface area contributed by atoms with E-state index in [0.717, 1.165) is 12.1 Å². The van der Waals surface area contributed by atoms with Crippen LogP contribution in [0.2, 0.25) is 0 Å². The van der Waals surface area contributed by atoms with Crippen molar-refractivity contribution < 1.29 is 21.9 Å². The largest absolute Gasteiger partial charge is 0.454 e. The number of nitrogens with zero attached hydrogens (tertiary/aromatic N) is 2. The van der Waals surface area contributed by atoms with Gasteiger partial charge in [-0.3, -0.25) is 9.52 Å². The van der Waals surface area contributed by atoms with Gasteiger partial charge in [-0.25, -0.2) is 17.2 Å². The number of halogens is 2. The number of sulfonamides is 1. The molecule has 4 rings (SSSR count). The molecule has 0 fully saturated rings. The van der Waals surface area contributed by atoms with E-state index in [-0.39, 0.29) is 39.6 Å². The summed E-state index contributed by atoms with van der Waals surface area (Å²) in [6.45, 7) is 1.48. The number of hydrogen-bond donors (Lipinski definition) is 2. The van der Waals surface area contributed by atoms with E-state index in [1.165, 1.54) is 49.0 Å². The van der Waals surface area contributed by atoms with Crippen LogP contribution in [0.4, 0.5) is 14.5 Å². The van der Waals surface area contributed by atoms with Gasteiger partial charge in [0.05, 0.1) is 16.7 Å². The average Bonchev–Trinajstić information content (AvgIpc) is 3.24. The highest BCUT2D eigenvalue weighted by atomic mass is 32.2. The number of H-pyrrole nitrogens is 1. The Morgan fingerprint density at radius 3 is 2.53 bits per heavy atom. The zero-order valence-corrected chi connectivity index (χ0v) is 18.8. The lowest BCUT2D eigenvalue weighted by atomic mass is 10.0. The van der Waals surface area contributed by atoms with Crippen LogP contribution in [0, 0.1) is 23.0 Å². The Kier molecular flexibility index (Phi) is 5.85. The molecule has 0 amide bonds. The molecule has 0 atom stereocenters. The summed E-state index contributed by atoms with van der Waals surface area (Å²) in [5.41, 5.74) is 1.01. The lowest BCUT2D eigenvalue weighted by Gasteiger charge is -2.16. The number of benzene rings is 2. The minimum atomic E-state index is -3.61. The maximum absolute atomic E-state index is 14.3. The first kappa shape index (κ1) is 23.0. The first-order chi connectivity index (χ1) is 16.1. The van der Waals surface area contributed by atoms with Gasteiger partial charge in [0.2, 0.25) is 10.0 Å². The molecule has 0 spiro atoms. The molecule has 2 aromatic carbocycles. The standard InChI is InChI=1S/C23H18F2N4O4S/c1-3-34(31,32)28-14-5-7-20(33-21-6-4-13(24)8-19(21)25)16(9-14)18-12-29(2)23(30)17-10-15(11-26)27-22(17)18/h4-10,12,27-28H,3H2,1-2H3. The molecule has 0 saturated heterocycles. The van der Waals surface area contributed by atoms with Crippen LogP contribution < -0.4 is 15.0 Å². The third-order valence-corrected chi connectivity index (χ3v) is 6.42. The van der Waals surface area contributed by atoms with E-state index in [1.54, 1.807) is 0 Å². The number of fused-ring (bicyclic) bond motifs is 1. The van der Waals surface area contributed by atoms with Crippen molar-refractivity contribution in [2.45, 2.75) is 6.92 Å². The molecule has 2 aromatic heterocycles. The molecular formula is C23H18F2N4O4S. The molecule has 0 saturated carbocycles. The summed E-state index contributed by atoms with van der Waals surface area (Å²) in [6, 6.07) is 10.5. The van der Waals surface area contributed by atoms with Crippen LogP contribution in [0.15, 0.2) is 53.5 Å². The summed E-state index contributed by atoms with van der Waals surface area (Å²) in [6.07, 6.45) is 1.49. The highest BCUT2D eigenvalue weighted by Gasteiger charge is 2.19. The molecule has 0 aliphatic heterocycles. The van der Waals surface area contributed by atoms with Crippen molar-refractivity contribution in [3.8, 4) is 28.7 Å². The summed E-state index contributed by atoms with van der Waals surface area (Å²) in [7, 11) is -2.09. The Hall–Kier alpha value is -4.17. The van der Waals surface area contributed by atoms with Gasteiger partial charge in [-0.15, -0.1) is 0 Å². The van der Waals surface area contributed by atoms with E-state index < -0.39 is 21.7 Å². The van der Waals surface area contributed by atoms with Gasteiger partial charge in [-0.05, 0) is 43.3 Å². The predicted molar refractivity (Wildman–Crippen MR) is 123 cm³/mol. The van der Waals surface area contributed by atoms with E-state index in [0.29, 0.717) is 22.7 Å². The summed E-state index contributed by atoms with van der Waals surface area (Å²) in [5.74, 6) is -2.01. The van der Waals surface area contributed by atoms with Crippen molar-refractivity contribution in [1.29, 1.82) is 5.26 Å². The lowest BCUT2D eigenvalue weighted by Crippen LogP contribution is -2.16. The van der Waals surface area contributed by atoms with Crippen LogP contribution in [0.5, 0.6) is 11.5 Å². The molecule has 34 heavy (non-hydrogen) atoms. The molecule has 2 heterocycles. The first-order valence-corrected chi connectivity index (χ1v) is 11.7. The normalized spacial score (nSPS) is 11.4. The first-order valence-electron chi connectivity index (χ1n) is 10.0. The number of anilines is 1. The van der Waals surface area contributed by atoms with Crippen molar-refractivity contribution in [3.63, 3.8) is 0 Å². The maximum Gasteiger partial charge on any atom is 0.259 e. The van der Waals surface area contributed by atoms with E-state index in [4.69, 9.17) is 4.74 Å². The highest BCUT2D eigenvalue weighted by Crippen LogP contribution is 2.39. The predicted octanol–water partition coefficient (Wildman–Crippen LogP) is 4.24. The van der Waals surface area contributed by atoms with E-state index >= 15 is 0 Å². The van der Waals surface area contributed by atoms with Crippen molar-refractivity contribution in [3.05, 3.63) is 76.3 Å². The minimum absolute atomic E-state index is 0.109. The molecule has 11 heteroatoms. The number of hydrogen-bond acceptors (Lipinski definition) is 5. The van der Waals surface area contributed by atoms with Gasteiger partial charge in [0.1, 0.15) is 23.3 Å². The topological polar surface area (TPSA) is 117 Å². The van der Waals surface area contributed by atoms with Gasteiger partial charge >= 0.3 is 0 Å². The molecule has 0 aliphatic carbocycles. The van der Waals surface area contributed by atoms with Crippen molar-refractivity contribution >= 4 is 26.6 Å². The SMILES string of the molecule is CCS(=O)(=O)Nc1ccc(Oc2ccc(F)cc2F)c(-c2cn(C)c(=O)c3cc(C#N)[nH]c23)c1. The van der Waals surface area contributed by atoms with Crippen molar-refractivity contribution in [1.82, 2.24) is 9.55 Å². The minimum Gasteiger partial charge on any atom is -0.454 e. The Bertz CT molecular complexity index is 1640. The smallest absolute Gasteiger partial charge is 0.259 e. The summed E-state index contributed by atoms with van der Waals surface area (Å²) >= 11 is 0. The van der Waals surface area contributed by atoms with Crippen molar-refractivity contribution in [2.24, 2.45) is 7.05 Å². The third-order valence-electron chi connectivity index (χ3n) is 5.12. The van der Waals surface area contributed by atoms with E-state index in [2.05, 4.69) is 9.71 Å². The lowest BCUT2D eigenvalue weighted by molar-refractivity contribution is 0.439. The zero-order valence-electron chi connectivity index (χ0n) is 18.0. The van der Waals surface area contributed by atoms with Crippen LogP contribution in [0.25, 0.3) is 22.0 Å². The van der Waals surface area contributed by atoms with Crippen LogP contribution in [-0.2, 0) is 17.1 Å². The second-order valence-electron chi connectivity index (χ2n) is 7.44. The molecule has 2 N–H and O–H groups in total. The summed E-state index contributed by atoms with van der Waals surface area (Å²) in [5, 5.41) is 9.53. The fourth-order valence-electron chi connectivity index (χ4n) is 3.43. The van der Waals surface area contributed by atoms with E-state index in [1.807, 2.05) is 6.07 Å². The highest BCUT2D eigenvalue weighted by molar-refractivity contribution is 7.92. The number of aromatic amines is 1. The quantitative estimate of drug-likeness (QED) is 0.425. The number of ether oxygens (including phenoxy) is 1. The number of pyridine rings is 1. The molecule has 8 nitrogen and oxygen atoms in total. The van der Waals surface area contributed by atoms with Gasteiger partial charge in [0.15, 0.2) is 11.6 Å². The number of aryl methyl sites for hydroxylation is 1. The summed E-state index contributed by atoms with van der Waals surface area (Å²) < 4.78 is 61.3. The van der Waals surface area contributed by atoms with Gasteiger partial charge in [0, 0.05) is 36.1 Å². The Morgan fingerprint density at radius 1 is 1.12 bits per heavy atom. The third kappa shape index (κ3) is 4.35. The maximum atomic E-state index is 14.3. The number of nitrogens with one attached hydrogen (secondary N) is 2. The van der Waals surface area contributed by atoms with Gasteiger partial charge in [-0.1, -0.05) is 0 Å². The Labute approximate surface area is 193 Å². The molecule has 0 bridgehead atoms. The second-order valence-corrected chi connectivity index (χ2v) is 9.45. The van der Waals surface area contributed by atoms with Crippen LogP contribution in [0.3, 0.4) is 0 Å². The molecule has 0 radical (unpaired) electrons. The molecule has 0 aliphatic rings. The monoisotopic (exact) mass is 484 g/mol. The Balaban J connectivity index is 1.97. The summed E-state index contributed by atoms with van der Waals surface area (Å²) in [4.78, 5) is 15.5. The fraction of sp³-hybridized carbons (Fsp3) is 0.130. The van der Waals surface area contributed by atoms with E-state index in [9.17, 15) is 27.3 Å². The molecular weight excluding hydrogens is 466 g/mol. The number of rotatable bonds is 6. The number of nitriles is 1. The van der Waals surface area contributed by atoms with Gasteiger partial charge in [0.25, 0.3) is 5.56 Å². The van der Waals surface area contributed by atoms with Gasteiger partial charge < -0.3 is 14.3 Å². The van der Waals surface area contributed by atoms with Crippen LogP contribution in [0.1, 0.15) is 12.6 Å². The fourth-order valence-corrected chi connectivity index (χ4v) is 4.06. The van der Waals surface area contributed by atoms with Crippen LogP contribution >= 0.6 is 0 Å². The van der Waals surface area contributed by atoms with Crippen LogP contribution in [-0.4, -0.2) is 23.7 Å². The Morgan fingerprint density at radius 2 is 1.85 bits per heavy atom. The van der Waals surface area contributed by atoms with Crippen molar-refractivity contribution in [2.75, 3.05) is 10.5 Å². The molecule has 4 aromatic rings. The number of aromatic nitrogens is 2. The molecule has 0 unspecified atom stereocenters.